The maximum Gasteiger partial charge on any atom is 0.348 e. The summed E-state index contributed by atoms with van der Waals surface area (Å²) in [5, 5.41) is 2.94. The van der Waals surface area contributed by atoms with E-state index in [1.54, 1.807) is 12.1 Å². The number of carbonyl (C=O) groups is 2. The molecule has 0 radical (unpaired) electrons. The van der Waals surface area contributed by atoms with Crippen molar-refractivity contribution in [3.8, 4) is 0 Å². The second-order valence-electron chi connectivity index (χ2n) is 4.71. The molecule has 1 N–H and O–H groups in total. The van der Waals surface area contributed by atoms with Crippen LogP contribution in [-0.2, 0) is 4.74 Å². The molecule has 1 heterocycles. The lowest BCUT2D eigenvalue weighted by Gasteiger charge is -2.15. The number of nitrogens with one attached hydrogen (secondary N) is 1. The van der Waals surface area contributed by atoms with Crippen LogP contribution in [0.25, 0.3) is 0 Å². The number of thiophene rings is 1. The SMILES string of the molecule is COC(=O)c1ccc(C(=O)NC(C)c2ccccc2C)s1. The third-order valence-electron chi connectivity index (χ3n) is 3.22. The smallest absolute Gasteiger partial charge is 0.348 e. The van der Waals surface area contributed by atoms with Gasteiger partial charge in [-0.05, 0) is 37.1 Å². The molecule has 0 aliphatic rings. The molecule has 1 unspecified atom stereocenters. The van der Waals surface area contributed by atoms with Gasteiger partial charge in [0.2, 0.25) is 0 Å². The van der Waals surface area contributed by atoms with Crippen LogP contribution in [0.2, 0.25) is 0 Å². The Kier molecular flexibility index (Phi) is 4.75. The quantitative estimate of drug-likeness (QED) is 0.881. The van der Waals surface area contributed by atoms with Gasteiger partial charge in [0.25, 0.3) is 5.91 Å². The molecule has 5 heteroatoms. The second kappa shape index (κ2) is 6.54. The van der Waals surface area contributed by atoms with Crippen LogP contribution in [-0.4, -0.2) is 19.0 Å². The lowest BCUT2D eigenvalue weighted by atomic mass is 10.0. The number of methoxy groups -OCH3 is 1. The van der Waals surface area contributed by atoms with Crippen LogP contribution in [0.4, 0.5) is 0 Å². The molecule has 1 amide bonds. The number of esters is 1. The second-order valence-corrected chi connectivity index (χ2v) is 5.79. The van der Waals surface area contributed by atoms with Gasteiger partial charge in [0.1, 0.15) is 4.88 Å². The zero-order valence-corrected chi connectivity index (χ0v) is 13.0. The monoisotopic (exact) mass is 303 g/mol. The Labute approximate surface area is 127 Å². The first kappa shape index (κ1) is 15.3. The van der Waals surface area contributed by atoms with E-state index in [2.05, 4.69) is 10.1 Å². The average molecular weight is 303 g/mol. The molecule has 0 saturated carbocycles. The summed E-state index contributed by atoms with van der Waals surface area (Å²) in [6.45, 7) is 3.95. The molecule has 0 fully saturated rings. The first-order chi connectivity index (χ1) is 10.0. The summed E-state index contributed by atoms with van der Waals surface area (Å²) < 4.78 is 4.64. The minimum Gasteiger partial charge on any atom is -0.465 e. The Hall–Kier alpha value is -2.14. The molecule has 1 aromatic carbocycles. The largest absolute Gasteiger partial charge is 0.465 e. The van der Waals surface area contributed by atoms with Crippen molar-refractivity contribution >= 4 is 23.2 Å². The number of benzene rings is 1. The summed E-state index contributed by atoms with van der Waals surface area (Å²) in [6, 6.07) is 11.1. The molecule has 21 heavy (non-hydrogen) atoms. The standard InChI is InChI=1S/C16H17NO3S/c1-10-6-4-5-7-12(10)11(2)17-15(18)13-8-9-14(21-13)16(19)20-3/h4-9,11H,1-3H3,(H,17,18). The number of carbonyl (C=O) groups excluding carboxylic acids is 2. The van der Waals surface area contributed by atoms with E-state index in [1.807, 2.05) is 38.1 Å². The van der Waals surface area contributed by atoms with Gasteiger partial charge in [-0.15, -0.1) is 11.3 Å². The van der Waals surface area contributed by atoms with Gasteiger partial charge in [-0.1, -0.05) is 24.3 Å². The summed E-state index contributed by atoms with van der Waals surface area (Å²) >= 11 is 1.13. The summed E-state index contributed by atoms with van der Waals surface area (Å²) in [7, 11) is 1.32. The Morgan fingerprint density at radius 1 is 1.14 bits per heavy atom. The number of amides is 1. The van der Waals surface area contributed by atoms with E-state index in [0.29, 0.717) is 9.75 Å². The van der Waals surface area contributed by atoms with E-state index in [4.69, 9.17) is 0 Å². The highest BCUT2D eigenvalue weighted by molar-refractivity contribution is 7.15. The van der Waals surface area contributed by atoms with Crippen LogP contribution >= 0.6 is 11.3 Å². The summed E-state index contributed by atoms with van der Waals surface area (Å²) in [5.41, 5.74) is 2.21. The highest BCUT2D eigenvalue weighted by Gasteiger charge is 2.16. The molecule has 1 atom stereocenters. The summed E-state index contributed by atoms with van der Waals surface area (Å²) in [5.74, 6) is -0.614. The Bertz CT molecular complexity index is 663. The molecule has 0 saturated heterocycles. The molecule has 0 aliphatic heterocycles. The number of rotatable bonds is 4. The van der Waals surface area contributed by atoms with Crippen molar-refractivity contribution < 1.29 is 14.3 Å². The van der Waals surface area contributed by atoms with Crippen LogP contribution in [0.5, 0.6) is 0 Å². The zero-order valence-electron chi connectivity index (χ0n) is 12.2. The van der Waals surface area contributed by atoms with Crippen molar-refractivity contribution in [3.63, 3.8) is 0 Å². The lowest BCUT2D eigenvalue weighted by molar-refractivity contribution is 0.0606. The summed E-state index contributed by atoms with van der Waals surface area (Å²) in [4.78, 5) is 24.5. The van der Waals surface area contributed by atoms with E-state index in [1.165, 1.54) is 7.11 Å². The van der Waals surface area contributed by atoms with Crippen LogP contribution in [0, 0.1) is 6.92 Å². The molecule has 110 valence electrons. The highest BCUT2D eigenvalue weighted by atomic mass is 32.1. The van der Waals surface area contributed by atoms with Crippen LogP contribution in [0.15, 0.2) is 36.4 Å². The van der Waals surface area contributed by atoms with E-state index in [9.17, 15) is 9.59 Å². The van der Waals surface area contributed by atoms with E-state index in [-0.39, 0.29) is 11.9 Å². The number of hydrogen-bond donors (Lipinski definition) is 1. The molecule has 2 aromatic rings. The van der Waals surface area contributed by atoms with Crippen molar-refractivity contribution in [2.45, 2.75) is 19.9 Å². The third kappa shape index (κ3) is 3.49. The molecule has 0 spiro atoms. The van der Waals surface area contributed by atoms with Crippen molar-refractivity contribution in [3.05, 3.63) is 57.3 Å². The van der Waals surface area contributed by atoms with Crippen LogP contribution < -0.4 is 5.32 Å². The predicted molar refractivity (Wildman–Crippen MR) is 82.7 cm³/mol. The molecule has 0 bridgehead atoms. The minimum absolute atomic E-state index is 0.0950. The molecule has 0 aliphatic carbocycles. The molecule has 1 aromatic heterocycles. The minimum atomic E-state index is -0.425. The molecule has 4 nitrogen and oxygen atoms in total. The normalized spacial score (nSPS) is 11.8. The first-order valence-corrected chi connectivity index (χ1v) is 7.39. The maximum atomic E-state index is 12.2. The topological polar surface area (TPSA) is 55.4 Å². The van der Waals surface area contributed by atoms with Crippen molar-refractivity contribution in [1.29, 1.82) is 0 Å². The molecular formula is C16H17NO3S. The van der Waals surface area contributed by atoms with Gasteiger partial charge < -0.3 is 10.1 Å². The van der Waals surface area contributed by atoms with Crippen molar-refractivity contribution in [2.24, 2.45) is 0 Å². The third-order valence-corrected chi connectivity index (χ3v) is 4.28. The first-order valence-electron chi connectivity index (χ1n) is 6.57. The van der Waals surface area contributed by atoms with E-state index in [0.717, 1.165) is 22.5 Å². The molecule has 2 rings (SSSR count). The van der Waals surface area contributed by atoms with Gasteiger partial charge in [-0.3, -0.25) is 4.79 Å². The zero-order chi connectivity index (χ0) is 15.4. The van der Waals surface area contributed by atoms with Gasteiger partial charge in [0.05, 0.1) is 18.0 Å². The van der Waals surface area contributed by atoms with Crippen LogP contribution in [0.1, 0.15) is 43.4 Å². The summed E-state index contributed by atoms with van der Waals surface area (Å²) in [6.07, 6.45) is 0. The van der Waals surface area contributed by atoms with Crippen LogP contribution in [0.3, 0.4) is 0 Å². The Morgan fingerprint density at radius 3 is 2.48 bits per heavy atom. The Balaban J connectivity index is 2.09. The fourth-order valence-corrected chi connectivity index (χ4v) is 2.92. The Morgan fingerprint density at radius 2 is 1.81 bits per heavy atom. The number of aryl methyl sites for hydroxylation is 1. The van der Waals surface area contributed by atoms with E-state index >= 15 is 0 Å². The van der Waals surface area contributed by atoms with E-state index < -0.39 is 5.97 Å². The maximum absolute atomic E-state index is 12.2. The fourth-order valence-electron chi connectivity index (χ4n) is 2.09. The highest BCUT2D eigenvalue weighted by Crippen LogP contribution is 2.20. The van der Waals surface area contributed by atoms with Gasteiger partial charge in [-0.25, -0.2) is 4.79 Å². The average Bonchev–Trinajstić information content (AvgIpc) is 2.96. The van der Waals surface area contributed by atoms with Gasteiger partial charge >= 0.3 is 5.97 Å². The molecular weight excluding hydrogens is 286 g/mol. The fraction of sp³-hybridized carbons (Fsp3) is 0.250. The lowest BCUT2D eigenvalue weighted by Crippen LogP contribution is -2.26. The van der Waals surface area contributed by atoms with Gasteiger partial charge in [0, 0.05) is 0 Å². The van der Waals surface area contributed by atoms with Gasteiger partial charge in [-0.2, -0.15) is 0 Å². The van der Waals surface area contributed by atoms with Crippen molar-refractivity contribution in [1.82, 2.24) is 5.32 Å². The number of hydrogen-bond acceptors (Lipinski definition) is 4. The number of ether oxygens (including phenoxy) is 1. The van der Waals surface area contributed by atoms with Crippen molar-refractivity contribution in [2.75, 3.05) is 7.11 Å². The van der Waals surface area contributed by atoms with Gasteiger partial charge in [0.15, 0.2) is 0 Å². The predicted octanol–water partition coefficient (Wildman–Crippen LogP) is 3.33.